The summed E-state index contributed by atoms with van der Waals surface area (Å²) >= 11 is 7.33. The third kappa shape index (κ3) is 2.19. The van der Waals surface area contributed by atoms with Gasteiger partial charge in [0.1, 0.15) is 5.82 Å². The molecule has 1 nitrogen and oxygen atoms in total. The van der Waals surface area contributed by atoms with E-state index < -0.39 is 0 Å². The molecule has 2 aromatic rings. The predicted molar refractivity (Wildman–Crippen MR) is 61.9 cm³/mol. The van der Waals surface area contributed by atoms with Crippen molar-refractivity contribution in [1.29, 1.82) is 0 Å². The molecular weight excluding hydrogens is 233 g/mol. The molecule has 2 rings (SSSR count). The molecule has 4 heteroatoms. The van der Waals surface area contributed by atoms with Crippen molar-refractivity contribution in [3.63, 3.8) is 0 Å². The van der Waals surface area contributed by atoms with E-state index in [1.165, 1.54) is 23.5 Å². The Balaban J connectivity index is 2.48. The number of aromatic nitrogens is 1. The minimum Gasteiger partial charge on any atom is -0.225 e. The van der Waals surface area contributed by atoms with Crippen LogP contribution < -0.4 is 0 Å². The quantitative estimate of drug-likeness (QED) is 0.769. The van der Waals surface area contributed by atoms with E-state index in [1.807, 2.05) is 0 Å². The van der Waals surface area contributed by atoms with E-state index in [1.54, 1.807) is 12.1 Å². The monoisotopic (exact) mass is 241 g/mol. The maximum Gasteiger partial charge on any atom is 0.184 e. The minimum atomic E-state index is -0.238. The fourth-order valence-corrected chi connectivity index (χ4v) is 2.50. The zero-order valence-corrected chi connectivity index (χ0v) is 9.70. The Morgan fingerprint density at radius 1 is 1.33 bits per heavy atom. The number of hydrogen-bond donors (Lipinski definition) is 0. The largest absolute Gasteiger partial charge is 0.225 e. The highest BCUT2D eigenvalue weighted by Crippen LogP contribution is 2.31. The van der Waals surface area contributed by atoms with E-state index in [4.69, 9.17) is 11.6 Å². The summed E-state index contributed by atoms with van der Waals surface area (Å²) in [4.78, 5) is 5.37. The van der Waals surface area contributed by atoms with E-state index in [0.717, 1.165) is 22.6 Å². The zero-order valence-electron chi connectivity index (χ0n) is 8.13. The second-order valence-corrected chi connectivity index (χ2v) is 4.76. The molecule has 0 aliphatic heterocycles. The van der Waals surface area contributed by atoms with Gasteiger partial charge in [-0.05, 0) is 30.7 Å². The lowest BCUT2D eigenvalue weighted by Crippen LogP contribution is -1.83. The summed E-state index contributed by atoms with van der Waals surface area (Å²) in [7, 11) is 0. The van der Waals surface area contributed by atoms with Crippen LogP contribution in [0.25, 0.3) is 11.3 Å². The lowest BCUT2D eigenvalue weighted by Gasteiger charge is -1.99. The Hall–Kier alpha value is -0.930. The average molecular weight is 242 g/mol. The van der Waals surface area contributed by atoms with Crippen molar-refractivity contribution in [3.05, 3.63) is 39.4 Å². The van der Waals surface area contributed by atoms with Gasteiger partial charge in [0.05, 0.1) is 5.69 Å². The summed E-state index contributed by atoms with van der Waals surface area (Å²) in [5.74, 6) is -0.238. The van der Waals surface area contributed by atoms with Crippen LogP contribution in [0.15, 0.2) is 24.3 Å². The van der Waals surface area contributed by atoms with Gasteiger partial charge in [0.25, 0.3) is 0 Å². The van der Waals surface area contributed by atoms with Crippen LogP contribution in [0.1, 0.15) is 11.8 Å². The molecule has 0 amide bonds. The maximum atomic E-state index is 12.7. The summed E-state index contributed by atoms with van der Waals surface area (Å²) in [5.41, 5.74) is 1.78. The van der Waals surface area contributed by atoms with Crippen LogP contribution in [-0.2, 0) is 6.42 Å². The molecule has 0 saturated carbocycles. The summed E-state index contributed by atoms with van der Waals surface area (Å²) in [6, 6.07) is 6.31. The van der Waals surface area contributed by atoms with Crippen molar-refractivity contribution in [1.82, 2.24) is 4.98 Å². The molecule has 0 spiro atoms. The highest BCUT2D eigenvalue weighted by Gasteiger charge is 2.10. The maximum absolute atomic E-state index is 12.7. The summed E-state index contributed by atoms with van der Waals surface area (Å²) in [6.07, 6.45) is 0.886. The summed E-state index contributed by atoms with van der Waals surface area (Å²) in [6.45, 7) is 2.05. The van der Waals surface area contributed by atoms with E-state index in [0.29, 0.717) is 4.47 Å². The van der Waals surface area contributed by atoms with Crippen LogP contribution >= 0.6 is 22.9 Å². The fraction of sp³-hybridized carbons (Fsp3) is 0.182. The van der Waals surface area contributed by atoms with Gasteiger partial charge < -0.3 is 0 Å². The average Bonchev–Trinajstić information content (AvgIpc) is 2.61. The van der Waals surface area contributed by atoms with Crippen molar-refractivity contribution in [3.8, 4) is 11.3 Å². The van der Waals surface area contributed by atoms with Crippen LogP contribution in [0.3, 0.4) is 0 Å². The van der Waals surface area contributed by atoms with Crippen LogP contribution in [-0.4, -0.2) is 4.98 Å². The molecule has 0 radical (unpaired) electrons. The number of hydrogen-bond acceptors (Lipinski definition) is 2. The number of halogens is 2. The van der Waals surface area contributed by atoms with Gasteiger partial charge >= 0.3 is 0 Å². The molecule has 0 saturated heterocycles. The third-order valence-electron chi connectivity index (χ3n) is 2.11. The lowest BCUT2D eigenvalue weighted by molar-refractivity contribution is 0.628. The molecule has 0 aliphatic carbocycles. The van der Waals surface area contributed by atoms with Crippen molar-refractivity contribution in [2.24, 2.45) is 0 Å². The second kappa shape index (κ2) is 4.29. The molecule has 15 heavy (non-hydrogen) atoms. The van der Waals surface area contributed by atoms with Gasteiger partial charge in [-0.15, -0.1) is 11.3 Å². The van der Waals surface area contributed by atoms with E-state index in [2.05, 4.69) is 11.9 Å². The van der Waals surface area contributed by atoms with E-state index in [9.17, 15) is 4.39 Å². The number of benzene rings is 1. The van der Waals surface area contributed by atoms with Crippen molar-refractivity contribution < 1.29 is 4.39 Å². The van der Waals surface area contributed by atoms with Crippen LogP contribution in [0.5, 0.6) is 0 Å². The minimum absolute atomic E-state index is 0.238. The fourth-order valence-electron chi connectivity index (χ4n) is 1.40. The standard InChI is InChI=1S/C11H9ClFNS/c1-2-9-10(14-11(12)15-9)7-3-5-8(13)6-4-7/h3-6H,2H2,1H3. The Kier molecular flexibility index (Phi) is 3.03. The predicted octanol–water partition coefficient (Wildman–Crippen LogP) is 4.17. The molecular formula is C11H9ClFNS. The highest BCUT2D eigenvalue weighted by molar-refractivity contribution is 7.16. The molecule has 0 bridgehead atoms. The molecule has 0 fully saturated rings. The van der Waals surface area contributed by atoms with Crippen LogP contribution in [0.4, 0.5) is 4.39 Å². The molecule has 1 aromatic heterocycles. The second-order valence-electron chi connectivity index (χ2n) is 3.10. The van der Waals surface area contributed by atoms with Crippen LogP contribution in [0.2, 0.25) is 4.47 Å². The van der Waals surface area contributed by atoms with Gasteiger partial charge in [-0.1, -0.05) is 18.5 Å². The molecule has 0 unspecified atom stereocenters. The Bertz CT molecular complexity index is 464. The third-order valence-corrected chi connectivity index (χ3v) is 3.41. The Labute approximate surface area is 96.5 Å². The van der Waals surface area contributed by atoms with Crippen molar-refractivity contribution in [2.45, 2.75) is 13.3 Å². The van der Waals surface area contributed by atoms with Crippen molar-refractivity contribution >= 4 is 22.9 Å². The molecule has 0 N–H and O–H groups in total. The SMILES string of the molecule is CCc1sc(Cl)nc1-c1ccc(F)cc1. The molecule has 1 aromatic carbocycles. The summed E-state index contributed by atoms with van der Waals surface area (Å²) < 4.78 is 13.3. The first-order valence-corrected chi connectivity index (χ1v) is 5.81. The highest BCUT2D eigenvalue weighted by atomic mass is 35.5. The Morgan fingerprint density at radius 2 is 2.00 bits per heavy atom. The molecule has 1 heterocycles. The lowest BCUT2D eigenvalue weighted by atomic mass is 10.1. The first kappa shape index (κ1) is 10.6. The molecule has 78 valence electrons. The number of aryl methyl sites for hydroxylation is 1. The van der Waals surface area contributed by atoms with Gasteiger partial charge in [0, 0.05) is 10.4 Å². The first-order valence-electron chi connectivity index (χ1n) is 4.62. The first-order chi connectivity index (χ1) is 7.20. The topological polar surface area (TPSA) is 12.9 Å². The zero-order chi connectivity index (χ0) is 10.8. The van der Waals surface area contributed by atoms with E-state index >= 15 is 0 Å². The summed E-state index contributed by atoms with van der Waals surface area (Å²) in [5, 5.41) is 0. The van der Waals surface area contributed by atoms with Crippen LogP contribution in [0, 0.1) is 5.82 Å². The number of rotatable bonds is 2. The number of nitrogens with zero attached hydrogens (tertiary/aromatic N) is 1. The smallest absolute Gasteiger partial charge is 0.184 e. The normalized spacial score (nSPS) is 10.6. The molecule has 0 aliphatic rings. The van der Waals surface area contributed by atoms with Gasteiger partial charge in [-0.2, -0.15) is 0 Å². The van der Waals surface area contributed by atoms with Crippen molar-refractivity contribution in [2.75, 3.05) is 0 Å². The van der Waals surface area contributed by atoms with Gasteiger partial charge in [-0.3, -0.25) is 0 Å². The van der Waals surface area contributed by atoms with Gasteiger partial charge in [0.15, 0.2) is 4.47 Å². The number of thiazole rings is 1. The van der Waals surface area contributed by atoms with Gasteiger partial charge in [0.2, 0.25) is 0 Å². The van der Waals surface area contributed by atoms with Gasteiger partial charge in [-0.25, -0.2) is 9.37 Å². The van der Waals surface area contributed by atoms with E-state index in [-0.39, 0.29) is 5.82 Å². The molecule has 0 atom stereocenters. The Morgan fingerprint density at radius 3 is 2.60 bits per heavy atom.